The van der Waals surface area contributed by atoms with Gasteiger partial charge in [-0.25, -0.2) is 13.1 Å². The number of fused-ring (bicyclic) bond motifs is 1. The van der Waals surface area contributed by atoms with Gasteiger partial charge in [0.1, 0.15) is 5.75 Å². The van der Waals surface area contributed by atoms with Gasteiger partial charge in [0, 0.05) is 42.4 Å². The SMILES string of the molecule is COc1cccc(NC(=O)CCNS(=O)(=O)c2ccc3c(c2)C[C@@H](C)N3C(=O)C2CC2)c1. The van der Waals surface area contributed by atoms with E-state index >= 15 is 0 Å². The highest BCUT2D eigenvalue weighted by Gasteiger charge is 2.39. The number of hydrogen-bond acceptors (Lipinski definition) is 5. The highest BCUT2D eigenvalue weighted by molar-refractivity contribution is 7.89. The summed E-state index contributed by atoms with van der Waals surface area (Å²) in [5.74, 6) is 0.549. The first-order chi connectivity index (χ1) is 15.3. The van der Waals surface area contributed by atoms with E-state index in [1.165, 1.54) is 13.2 Å². The van der Waals surface area contributed by atoms with Crippen molar-refractivity contribution in [3.8, 4) is 5.75 Å². The molecule has 1 saturated carbocycles. The van der Waals surface area contributed by atoms with Crippen LogP contribution in [0.3, 0.4) is 0 Å². The Labute approximate surface area is 188 Å². The van der Waals surface area contributed by atoms with Crippen LogP contribution >= 0.6 is 0 Å². The van der Waals surface area contributed by atoms with E-state index in [1.807, 2.05) is 6.92 Å². The number of benzene rings is 2. The third kappa shape index (κ3) is 4.78. The zero-order valence-electron chi connectivity index (χ0n) is 18.1. The first-order valence-electron chi connectivity index (χ1n) is 10.7. The summed E-state index contributed by atoms with van der Waals surface area (Å²) >= 11 is 0. The number of anilines is 2. The minimum atomic E-state index is -3.77. The molecule has 1 atom stereocenters. The Morgan fingerprint density at radius 1 is 1.16 bits per heavy atom. The van der Waals surface area contributed by atoms with Crippen LogP contribution in [0.4, 0.5) is 11.4 Å². The van der Waals surface area contributed by atoms with Crippen molar-refractivity contribution in [1.29, 1.82) is 0 Å². The number of sulfonamides is 1. The lowest BCUT2D eigenvalue weighted by atomic mass is 10.1. The predicted octanol–water partition coefficient (Wildman–Crippen LogP) is 2.69. The average Bonchev–Trinajstić information content (AvgIpc) is 3.55. The molecule has 0 bridgehead atoms. The van der Waals surface area contributed by atoms with Crippen LogP contribution in [0.5, 0.6) is 5.75 Å². The number of amides is 2. The molecule has 0 aromatic heterocycles. The van der Waals surface area contributed by atoms with Crippen molar-refractivity contribution in [3.63, 3.8) is 0 Å². The Morgan fingerprint density at radius 2 is 1.94 bits per heavy atom. The van der Waals surface area contributed by atoms with E-state index < -0.39 is 10.0 Å². The number of methoxy groups -OCH3 is 1. The molecule has 9 heteroatoms. The number of nitrogens with one attached hydrogen (secondary N) is 2. The fourth-order valence-electron chi connectivity index (χ4n) is 3.94. The summed E-state index contributed by atoms with van der Waals surface area (Å²) in [6.07, 6.45) is 2.47. The Hall–Kier alpha value is -2.91. The van der Waals surface area contributed by atoms with Crippen LogP contribution in [0.1, 0.15) is 31.7 Å². The molecule has 2 aromatic rings. The van der Waals surface area contributed by atoms with Crippen LogP contribution < -0.4 is 19.7 Å². The molecule has 0 radical (unpaired) electrons. The maximum atomic E-state index is 12.7. The molecule has 1 fully saturated rings. The third-order valence-corrected chi connectivity index (χ3v) is 7.20. The fourth-order valence-corrected chi connectivity index (χ4v) is 5.03. The topological polar surface area (TPSA) is 105 Å². The monoisotopic (exact) mass is 457 g/mol. The van der Waals surface area contributed by atoms with Gasteiger partial charge in [0.2, 0.25) is 21.8 Å². The lowest BCUT2D eigenvalue weighted by Gasteiger charge is -2.22. The summed E-state index contributed by atoms with van der Waals surface area (Å²) in [6, 6.07) is 11.8. The van der Waals surface area contributed by atoms with Crippen molar-refractivity contribution in [2.24, 2.45) is 5.92 Å². The van der Waals surface area contributed by atoms with Crippen molar-refractivity contribution in [2.75, 3.05) is 23.9 Å². The van der Waals surface area contributed by atoms with E-state index in [4.69, 9.17) is 4.74 Å². The van der Waals surface area contributed by atoms with Crippen LogP contribution in [0.25, 0.3) is 0 Å². The maximum absolute atomic E-state index is 12.7. The molecule has 2 aliphatic rings. The zero-order valence-corrected chi connectivity index (χ0v) is 18.9. The summed E-state index contributed by atoms with van der Waals surface area (Å²) in [7, 11) is -2.23. The van der Waals surface area contributed by atoms with Crippen molar-refractivity contribution >= 4 is 33.2 Å². The van der Waals surface area contributed by atoms with Gasteiger partial charge in [-0.2, -0.15) is 0 Å². The summed E-state index contributed by atoms with van der Waals surface area (Å²) in [4.78, 5) is 26.7. The molecular weight excluding hydrogens is 430 g/mol. The standard InChI is InChI=1S/C23H27N3O5S/c1-15-12-17-13-20(8-9-21(17)26(15)23(28)16-6-7-16)32(29,30)24-11-10-22(27)25-18-4-3-5-19(14-18)31-2/h3-5,8-9,13-16,24H,6-7,10-12H2,1-2H3,(H,25,27)/t15-/m1/s1. The normalized spacial score (nSPS) is 17.7. The fraction of sp³-hybridized carbons (Fsp3) is 0.391. The second-order valence-corrected chi connectivity index (χ2v) is 10.0. The molecule has 0 unspecified atom stereocenters. The summed E-state index contributed by atoms with van der Waals surface area (Å²) in [6.45, 7) is 1.95. The third-order valence-electron chi connectivity index (χ3n) is 5.74. The number of ether oxygens (including phenoxy) is 1. The molecular formula is C23H27N3O5S. The van der Waals surface area contributed by atoms with Gasteiger partial charge in [0.15, 0.2) is 0 Å². The van der Waals surface area contributed by atoms with Crippen LogP contribution in [0.2, 0.25) is 0 Å². The molecule has 32 heavy (non-hydrogen) atoms. The number of carbonyl (C=O) groups is 2. The van der Waals surface area contributed by atoms with Crippen molar-refractivity contribution in [2.45, 2.75) is 43.5 Å². The molecule has 0 spiro atoms. The Kier molecular flexibility index (Phi) is 6.21. The molecule has 4 rings (SSSR count). The maximum Gasteiger partial charge on any atom is 0.240 e. The van der Waals surface area contributed by atoms with Crippen LogP contribution in [-0.4, -0.2) is 39.9 Å². The zero-order chi connectivity index (χ0) is 22.9. The van der Waals surface area contributed by atoms with Crippen molar-refractivity contribution in [1.82, 2.24) is 4.72 Å². The molecule has 8 nitrogen and oxygen atoms in total. The summed E-state index contributed by atoms with van der Waals surface area (Å²) < 4.78 is 33.1. The first kappa shape index (κ1) is 22.3. The van der Waals surface area contributed by atoms with Gasteiger partial charge in [-0.05, 0) is 62.1 Å². The van der Waals surface area contributed by atoms with Crippen LogP contribution in [0.15, 0.2) is 47.4 Å². The van der Waals surface area contributed by atoms with E-state index in [9.17, 15) is 18.0 Å². The van der Waals surface area contributed by atoms with E-state index in [0.717, 1.165) is 24.1 Å². The molecule has 1 aliphatic carbocycles. The van der Waals surface area contributed by atoms with Gasteiger partial charge >= 0.3 is 0 Å². The smallest absolute Gasteiger partial charge is 0.240 e. The Bertz CT molecular complexity index is 1140. The Morgan fingerprint density at radius 3 is 2.66 bits per heavy atom. The number of hydrogen-bond donors (Lipinski definition) is 2. The molecule has 0 saturated heterocycles. The van der Waals surface area contributed by atoms with Gasteiger partial charge in [0.05, 0.1) is 12.0 Å². The minimum absolute atomic E-state index is 0.0118. The Balaban J connectivity index is 1.36. The molecule has 1 heterocycles. The van der Waals surface area contributed by atoms with E-state index in [2.05, 4.69) is 10.0 Å². The summed E-state index contributed by atoms with van der Waals surface area (Å²) in [5, 5.41) is 2.72. The molecule has 2 aromatic carbocycles. The van der Waals surface area contributed by atoms with Crippen molar-refractivity contribution < 1.29 is 22.7 Å². The van der Waals surface area contributed by atoms with Crippen LogP contribution in [-0.2, 0) is 26.0 Å². The highest BCUT2D eigenvalue weighted by atomic mass is 32.2. The first-order valence-corrected chi connectivity index (χ1v) is 12.2. The summed E-state index contributed by atoms with van der Waals surface area (Å²) in [5.41, 5.74) is 2.23. The van der Waals surface area contributed by atoms with E-state index in [-0.39, 0.29) is 41.6 Å². The number of carbonyl (C=O) groups excluding carboxylic acids is 2. The second kappa shape index (κ2) is 8.91. The van der Waals surface area contributed by atoms with Gasteiger partial charge in [-0.1, -0.05) is 6.07 Å². The molecule has 170 valence electrons. The average molecular weight is 458 g/mol. The quantitative estimate of drug-likeness (QED) is 0.634. The lowest BCUT2D eigenvalue weighted by molar-refractivity contribution is -0.120. The molecule has 2 N–H and O–H groups in total. The largest absolute Gasteiger partial charge is 0.497 e. The molecule has 1 aliphatic heterocycles. The van der Waals surface area contributed by atoms with Crippen LogP contribution in [0, 0.1) is 5.92 Å². The van der Waals surface area contributed by atoms with Crippen molar-refractivity contribution in [3.05, 3.63) is 48.0 Å². The van der Waals surface area contributed by atoms with E-state index in [1.54, 1.807) is 41.3 Å². The number of rotatable bonds is 8. The highest BCUT2D eigenvalue weighted by Crippen LogP contribution is 2.39. The number of nitrogens with zero attached hydrogens (tertiary/aromatic N) is 1. The van der Waals surface area contributed by atoms with Gasteiger partial charge in [-0.15, -0.1) is 0 Å². The van der Waals surface area contributed by atoms with Gasteiger partial charge in [0.25, 0.3) is 0 Å². The molecule has 2 amide bonds. The minimum Gasteiger partial charge on any atom is -0.497 e. The lowest BCUT2D eigenvalue weighted by Crippen LogP contribution is -2.36. The second-order valence-electron chi connectivity index (χ2n) is 8.25. The predicted molar refractivity (Wildman–Crippen MR) is 121 cm³/mol. The van der Waals surface area contributed by atoms with Gasteiger partial charge in [-0.3, -0.25) is 9.59 Å². The van der Waals surface area contributed by atoms with E-state index in [0.29, 0.717) is 17.9 Å². The van der Waals surface area contributed by atoms with Gasteiger partial charge < -0.3 is 15.0 Å².